The van der Waals surface area contributed by atoms with Crippen LogP contribution in [-0.2, 0) is 4.74 Å². The van der Waals surface area contributed by atoms with Crippen LogP contribution in [0.2, 0.25) is 0 Å². The summed E-state index contributed by atoms with van der Waals surface area (Å²) < 4.78 is 6.11. The molecule has 2 fully saturated rings. The van der Waals surface area contributed by atoms with E-state index in [0.717, 1.165) is 12.4 Å². The van der Waals surface area contributed by atoms with Crippen LogP contribution in [-0.4, -0.2) is 22.7 Å². The van der Waals surface area contributed by atoms with Gasteiger partial charge >= 0.3 is 0 Å². The molecule has 1 aromatic heterocycles. The summed E-state index contributed by atoms with van der Waals surface area (Å²) in [6.07, 6.45) is 22.8. The maximum absolute atomic E-state index is 6.11. The summed E-state index contributed by atoms with van der Waals surface area (Å²) in [5.74, 6) is 2.34. The van der Waals surface area contributed by atoms with E-state index in [1.54, 1.807) is 0 Å². The van der Waals surface area contributed by atoms with Crippen molar-refractivity contribution >= 4 is 0 Å². The number of rotatable bonds is 9. The zero-order valence-corrected chi connectivity index (χ0v) is 16.8. The number of unbranched alkanes of at least 4 members (excludes halogenated alkanes) is 4. The van der Waals surface area contributed by atoms with Gasteiger partial charge < -0.3 is 4.74 Å². The normalized spacial score (nSPS) is 24.7. The van der Waals surface area contributed by atoms with Crippen molar-refractivity contribution in [1.82, 2.24) is 9.97 Å². The van der Waals surface area contributed by atoms with Gasteiger partial charge in [-0.05, 0) is 56.4 Å². The molecule has 0 aromatic carbocycles. The largest absolute Gasteiger partial charge is 0.378 e. The first-order valence-electron chi connectivity index (χ1n) is 11.3. The SMILES string of the molecule is CCCCCCCO[C@H]1CC[C@H](c2cnc(C3CCCCC3)nc2)CC1. The van der Waals surface area contributed by atoms with Crippen molar-refractivity contribution in [1.29, 1.82) is 0 Å². The molecule has 3 rings (SSSR count). The topological polar surface area (TPSA) is 35.0 Å². The molecule has 0 bridgehead atoms. The van der Waals surface area contributed by atoms with Crippen LogP contribution in [0.15, 0.2) is 12.4 Å². The number of ether oxygens (including phenoxy) is 1. The van der Waals surface area contributed by atoms with E-state index in [2.05, 4.69) is 19.3 Å². The number of nitrogens with zero attached hydrogens (tertiary/aromatic N) is 2. The molecule has 0 unspecified atom stereocenters. The van der Waals surface area contributed by atoms with Gasteiger partial charge in [-0.3, -0.25) is 0 Å². The predicted molar refractivity (Wildman–Crippen MR) is 108 cm³/mol. The van der Waals surface area contributed by atoms with Gasteiger partial charge in [0.15, 0.2) is 0 Å². The van der Waals surface area contributed by atoms with Crippen LogP contribution in [0.3, 0.4) is 0 Å². The zero-order chi connectivity index (χ0) is 18.0. The third kappa shape index (κ3) is 6.04. The van der Waals surface area contributed by atoms with Crippen molar-refractivity contribution in [3.8, 4) is 0 Å². The molecule has 0 saturated heterocycles. The Morgan fingerprint density at radius 3 is 2.19 bits per heavy atom. The Labute approximate surface area is 160 Å². The van der Waals surface area contributed by atoms with E-state index in [-0.39, 0.29) is 0 Å². The molecule has 0 atom stereocenters. The van der Waals surface area contributed by atoms with Gasteiger partial charge in [-0.1, -0.05) is 51.9 Å². The van der Waals surface area contributed by atoms with Crippen LogP contribution in [0, 0.1) is 0 Å². The highest BCUT2D eigenvalue weighted by Crippen LogP contribution is 2.35. The average Bonchev–Trinajstić information content (AvgIpc) is 2.72. The van der Waals surface area contributed by atoms with Gasteiger partial charge in [0.2, 0.25) is 0 Å². The summed E-state index contributed by atoms with van der Waals surface area (Å²) in [6, 6.07) is 0. The second-order valence-corrected chi connectivity index (χ2v) is 8.47. The summed E-state index contributed by atoms with van der Waals surface area (Å²) in [7, 11) is 0. The Morgan fingerprint density at radius 2 is 1.50 bits per heavy atom. The van der Waals surface area contributed by atoms with Gasteiger partial charge in [-0.25, -0.2) is 9.97 Å². The maximum atomic E-state index is 6.11. The van der Waals surface area contributed by atoms with Crippen molar-refractivity contribution in [2.45, 2.75) is 115 Å². The van der Waals surface area contributed by atoms with Crippen LogP contribution >= 0.6 is 0 Å². The Balaban J connectivity index is 1.36. The molecule has 2 saturated carbocycles. The number of hydrogen-bond donors (Lipinski definition) is 0. The first-order valence-corrected chi connectivity index (χ1v) is 11.3. The molecule has 3 heteroatoms. The maximum Gasteiger partial charge on any atom is 0.131 e. The third-order valence-electron chi connectivity index (χ3n) is 6.41. The lowest BCUT2D eigenvalue weighted by Crippen LogP contribution is -2.21. The molecular formula is C23H38N2O. The minimum Gasteiger partial charge on any atom is -0.378 e. The van der Waals surface area contributed by atoms with Gasteiger partial charge in [0.25, 0.3) is 0 Å². The van der Waals surface area contributed by atoms with Crippen molar-refractivity contribution in [3.05, 3.63) is 23.8 Å². The molecule has 0 radical (unpaired) electrons. The quantitative estimate of drug-likeness (QED) is 0.470. The van der Waals surface area contributed by atoms with Gasteiger partial charge in [-0.2, -0.15) is 0 Å². The highest BCUT2D eigenvalue weighted by atomic mass is 16.5. The Morgan fingerprint density at radius 1 is 0.808 bits per heavy atom. The first-order chi connectivity index (χ1) is 12.9. The number of aromatic nitrogens is 2. The van der Waals surface area contributed by atoms with E-state index in [1.165, 1.54) is 95.5 Å². The van der Waals surface area contributed by atoms with Crippen molar-refractivity contribution in [2.75, 3.05) is 6.61 Å². The van der Waals surface area contributed by atoms with Crippen molar-refractivity contribution < 1.29 is 4.74 Å². The monoisotopic (exact) mass is 358 g/mol. The molecule has 2 aliphatic carbocycles. The molecule has 2 aliphatic rings. The molecule has 0 N–H and O–H groups in total. The standard InChI is InChI=1S/C23H38N2O/c1-2-3-4-5-9-16-26-22-14-12-19(13-15-22)21-17-24-23(25-18-21)20-10-7-6-8-11-20/h17-20,22H,2-16H2,1H3/t19-,22-. The lowest BCUT2D eigenvalue weighted by molar-refractivity contribution is 0.0225. The lowest BCUT2D eigenvalue weighted by Gasteiger charge is -2.29. The van der Waals surface area contributed by atoms with Gasteiger partial charge in [0.05, 0.1) is 6.10 Å². The Kier molecular flexibility index (Phi) is 8.38. The molecule has 0 amide bonds. The van der Waals surface area contributed by atoms with E-state index < -0.39 is 0 Å². The molecule has 146 valence electrons. The fourth-order valence-corrected chi connectivity index (χ4v) is 4.65. The summed E-state index contributed by atoms with van der Waals surface area (Å²) in [4.78, 5) is 9.48. The smallest absolute Gasteiger partial charge is 0.131 e. The first kappa shape index (κ1) is 19.8. The predicted octanol–water partition coefficient (Wildman–Crippen LogP) is 6.54. The molecule has 0 aliphatic heterocycles. The van der Waals surface area contributed by atoms with Crippen LogP contribution in [0.5, 0.6) is 0 Å². The number of hydrogen-bond acceptors (Lipinski definition) is 3. The second kappa shape index (κ2) is 11.0. The zero-order valence-electron chi connectivity index (χ0n) is 16.8. The minimum atomic E-state index is 0.486. The minimum absolute atomic E-state index is 0.486. The third-order valence-corrected chi connectivity index (χ3v) is 6.41. The Bertz CT molecular complexity index is 487. The molecule has 3 nitrogen and oxygen atoms in total. The van der Waals surface area contributed by atoms with E-state index >= 15 is 0 Å². The average molecular weight is 359 g/mol. The molecular weight excluding hydrogens is 320 g/mol. The van der Waals surface area contributed by atoms with Gasteiger partial charge in [0.1, 0.15) is 5.82 Å². The molecule has 1 aromatic rings. The fourth-order valence-electron chi connectivity index (χ4n) is 4.65. The van der Waals surface area contributed by atoms with Crippen LogP contribution < -0.4 is 0 Å². The van der Waals surface area contributed by atoms with Crippen LogP contribution in [0.1, 0.15) is 120 Å². The van der Waals surface area contributed by atoms with Crippen LogP contribution in [0.25, 0.3) is 0 Å². The van der Waals surface area contributed by atoms with E-state index in [9.17, 15) is 0 Å². The summed E-state index contributed by atoms with van der Waals surface area (Å²) >= 11 is 0. The van der Waals surface area contributed by atoms with Crippen molar-refractivity contribution in [3.63, 3.8) is 0 Å². The summed E-state index contributed by atoms with van der Waals surface area (Å²) in [5.41, 5.74) is 1.35. The summed E-state index contributed by atoms with van der Waals surface area (Å²) in [5, 5.41) is 0. The molecule has 1 heterocycles. The Hall–Kier alpha value is -0.960. The molecule has 26 heavy (non-hydrogen) atoms. The van der Waals surface area contributed by atoms with E-state index in [1.807, 2.05) is 0 Å². The highest BCUT2D eigenvalue weighted by Gasteiger charge is 2.24. The summed E-state index contributed by atoms with van der Waals surface area (Å²) in [6.45, 7) is 3.22. The van der Waals surface area contributed by atoms with Gasteiger partial charge in [0, 0.05) is 24.9 Å². The fraction of sp³-hybridized carbons (Fsp3) is 0.826. The highest BCUT2D eigenvalue weighted by molar-refractivity contribution is 5.14. The van der Waals surface area contributed by atoms with Crippen molar-refractivity contribution in [2.24, 2.45) is 0 Å². The van der Waals surface area contributed by atoms with Crippen LogP contribution in [0.4, 0.5) is 0 Å². The second-order valence-electron chi connectivity index (χ2n) is 8.47. The molecule has 0 spiro atoms. The van der Waals surface area contributed by atoms with E-state index in [4.69, 9.17) is 14.7 Å². The van der Waals surface area contributed by atoms with Gasteiger partial charge in [-0.15, -0.1) is 0 Å². The lowest BCUT2D eigenvalue weighted by atomic mass is 9.83. The van der Waals surface area contributed by atoms with E-state index in [0.29, 0.717) is 17.9 Å².